The SMILES string of the molecule is CCCCCCCCCCCC(=O)OCCC(CCCC)CCCCCC. The van der Waals surface area contributed by atoms with Crippen molar-refractivity contribution in [2.24, 2.45) is 5.92 Å². The molecule has 162 valence electrons. The van der Waals surface area contributed by atoms with E-state index in [4.69, 9.17) is 4.74 Å². The van der Waals surface area contributed by atoms with Gasteiger partial charge in [0.1, 0.15) is 0 Å². The van der Waals surface area contributed by atoms with Crippen molar-refractivity contribution in [3.05, 3.63) is 0 Å². The van der Waals surface area contributed by atoms with E-state index in [0.717, 1.165) is 18.8 Å². The summed E-state index contributed by atoms with van der Waals surface area (Å²) in [5, 5.41) is 0. The Bertz CT molecular complexity index is 301. The molecule has 0 amide bonds. The molecule has 0 spiro atoms. The lowest BCUT2D eigenvalue weighted by Gasteiger charge is -2.16. The minimum atomic E-state index is 0.0261. The van der Waals surface area contributed by atoms with Crippen molar-refractivity contribution in [3.8, 4) is 0 Å². The predicted octanol–water partition coefficient (Wildman–Crippen LogP) is 8.62. The van der Waals surface area contributed by atoms with Gasteiger partial charge in [0.2, 0.25) is 0 Å². The minimum absolute atomic E-state index is 0.0261. The predicted molar refractivity (Wildman–Crippen MR) is 119 cm³/mol. The molecule has 2 heteroatoms. The number of esters is 1. The van der Waals surface area contributed by atoms with Gasteiger partial charge in [-0.05, 0) is 18.8 Å². The van der Waals surface area contributed by atoms with Gasteiger partial charge in [-0.3, -0.25) is 4.79 Å². The van der Waals surface area contributed by atoms with E-state index in [1.54, 1.807) is 0 Å². The van der Waals surface area contributed by atoms with Crippen LogP contribution >= 0.6 is 0 Å². The van der Waals surface area contributed by atoms with Gasteiger partial charge < -0.3 is 4.74 Å². The van der Waals surface area contributed by atoms with E-state index < -0.39 is 0 Å². The van der Waals surface area contributed by atoms with Gasteiger partial charge >= 0.3 is 5.97 Å². The quantitative estimate of drug-likeness (QED) is 0.147. The standard InChI is InChI=1S/C25H50O2/c1-4-7-10-12-13-14-15-16-18-21-25(26)27-23-22-24(19-9-6-3)20-17-11-8-5-2/h24H,4-23H2,1-3H3. The summed E-state index contributed by atoms with van der Waals surface area (Å²) in [4.78, 5) is 11.9. The summed E-state index contributed by atoms with van der Waals surface area (Å²) in [5.74, 6) is 0.778. The van der Waals surface area contributed by atoms with Gasteiger partial charge in [0.05, 0.1) is 6.61 Å². The van der Waals surface area contributed by atoms with E-state index in [1.807, 2.05) is 0 Å². The van der Waals surface area contributed by atoms with Crippen molar-refractivity contribution in [3.63, 3.8) is 0 Å². The van der Waals surface area contributed by atoms with Crippen molar-refractivity contribution in [2.75, 3.05) is 6.61 Å². The summed E-state index contributed by atoms with van der Waals surface area (Å²) in [5.41, 5.74) is 0. The molecule has 0 aromatic rings. The highest BCUT2D eigenvalue weighted by Crippen LogP contribution is 2.21. The van der Waals surface area contributed by atoms with Crippen LogP contribution in [0.25, 0.3) is 0 Å². The molecule has 0 aromatic carbocycles. The first-order valence-electron chi connectivity index (χ1n) is 12.4. The molecule has 0 saturated heterocycles. The van der Waals surface area contributed by atoms with Crippen LogP contribution in [-0.4, -0.2) is 12.6 Å². The molecule has 27 heavy (non-hydrogen) atoms. The van der Waals surface area contributed by atoms with E-state index >= 15 is 0 Å². The molecule has 2 nitrogen and oxygen atoms in total. The summed E-state index contributed by atoms with van der Waals surface area (Å²) in [6, 6.07) is 0. The highest BCUT2D eigenvalue weighted by Gasteiger charge is 2.10. The largest absolute Gasteiger partial charge is 0.466 e. The average Bonchev–Trinajstić information content (AvgIpc) is 2.67. The third kappa shape index (κ3) is 20.0. The first-order valence-corrected chi connectivity index (χ1v) is 12.4. The number of rotatable bonds is 21. The lowest BCUT2D eigenvalue weighted by molar-refractivity contribution is -0.144. The molecular formula is C25H50O2. The van der Waals surface area contributed by atoms with Crippen molar-refractivity contribution in [1.82, 2.24) is 0 Å². The van der Waals surface area contributed by atoms with Gasteiger partial charge in [0.25, 0.3) is 0 Å². The molecule has 0 aliphatic heterocycles. The van der Waals surface area contributed by atoms with Crippen LogP contribution in [0.4, 0.5) is 0 Å². The van der Waals surface area contributed by atoms with Gasteiger partial charge in [-0.15, -0.1) is 0 Å². The second-order valence-electron chi connectivity index (χ2n) is 8.45. The third-order valence-electron chi connectivity index (χ3n) is 5.71. The topological polar surface area (TPSA) is 26.3 Å². The molecular weight excluding hydrogens is 332 g/mol. The number of unbranched alkanes of at least 4 members (excludes halogenated alkanes) is 12. The van der Waals surface area contributed by atoms with Crippen molar-refractivity contribution >= 4 is 5.97 Å². The van der Waals surface area contributed by atoms with Crippen molar-refractivity contribution < 1.29 is 9.53 Å². The van der Waals surface area contributed by atoms with Crippen LogP contribution < -0.4 is 0 Å². The van der Waals surface area contributed by atoms with Crippen LogP contribution in [0.5, 0.6) is 0 Å². The van der Waals surface area contributed by atoms with E-state index in [2.05, 4.69) is 20.8 Å². The molecule has 0 aliphatic rings. The summed E-state index contributed by atoms with van der Waals surface area (Å²) >= 11 is 0. The van der Waals surface area contributed by atoms with Gasteiger partial charge in [-0.25, -0.2) is 0 Å². The number of carbonyl (C=O) groups excluding carboxylic acids is 1. The Morgan fingerprint density at radius 3 is 1.67 bits per heavy atom. The summed E-state index contributed by atoms with van der Waals surface area (Å²) < 4.78 is 5.51. The number of ether oxygens (including phenoxy) is 1. The average molecular weight is 383 g/mol. The Morgan fingerprint density at radius 2 is 1.07 bits per heavy atom. The lowest BCUT2D eigenvalue weighted by Crippen LogP contribution is -2.10. The van der Waals surface area contributed by atoms with Gasteiger partial charge in [0.15, 0.2) is 0 Å². The monoisotopic (exact) mass is 382 g/mol. The van der Waals surface area contributed by atoms with Crippen LogP contribution in [0, 0.1) is 5.92 Å². The Morgan fingerprint density at radius 1 is 0.593 bits per heavy atom. The zero-order valence-electron chi connectivity index (χ0n) is 19.0. The Kier molecular flexibility index (Phi) is 21.3. The Hall–Kier alpha value is -0.530. The van der Waals surface area contributed by atoms with Gasteiger partial charge in [-0.1, -0.05) is 124 Å². The molecule has 0 saturated carbocycles. The Balaban J connectivity index is 3.60. The third-order valence-corrected chi connectivity index (χ3v) is 5.71. The zero-order chi connectivity index (χ0) is 20.0. The first kappa shape index (κ1) is 26.5. The second-order valence-corrected chi connectivity index (χ2v) is 8.45. The van der Waals surface area contributed by atoms with Crippen LogP contribution in [0.3, 0.4) is 0 Å². The maximum atomic E-state index is 11.9. The molecule has 0 N–H and O–H groups in total. The van der Waals surface area contributed by atoms with Crippen LogP contribution in [0.15, 0.2) is 0 Å². The smallest absolute Gasteiger partial charge is 0.305 e. The highest BCUT2D eigenvalue weighted by molar-refractivity contribution is 5.69. The number of carbonyl (C=O) groups is 1. The minimum Gasteiger partial charge on any atom is -0.466 e. The van der Waals surface area contributed by atoms with Gasteiger partial charge in [-0.2, -0.15) is 0 Å². The first-order chi connectivity index (χ1) is 13.2. The molecule has 0 bridgehead atoms. The lowest BCUT2D eigenvalue weighted by atomic mass is 9.92. The molecule has 1 atom stereocenters. The second kappa shape index (κ2) is 21.8. The molecule has 0 aromatic heterocycles. The highest BCUT2D eigenvalue weighted by atomic mass is 16.5. The number of hydrogen-bond acceptors (Lipinski definition) is 2. The zero-order valence-corrected chi connectivity index (χ0v) is 19.0. The molecule has 0 radical (unpaired) electrons. The van der Waals surface area contributed by atoms with E-state index in [1.165, 1.54) is 103 Å². The fraction of sp³-hybridized carbons (Fsp3) is 0.960. The summed E-state index contributed by atoms with van der Waals surface area (Å²) in [6.07, 6.45) is 23.9. The number of hydrogen-bond donors (Lipinski definition) is 0. The fourth-order valence-corrected chi connectivity index (χ4v) is 3.78. The molecule has 1 unspecified atom stereocenters. The maximum absolute atomic E-state index is 11.9. The van der Waals surface area contributed by atoms with Crippen LogP contribution in [0.2, 0.25) is 0 Å². The van der Waals surface area contributed by atoms with Gasteiger partial charge in [0, 0.05) is 6.42 Å². The van der Waals surface area contributed by atoms with E-state index in [9.17, 15) is 4.79 Å². The van der Waals surface area contributed by atoms with E-state index in [0.29, 0.717) is 13.0 Å². The van der Waals surface area contributed by atoms with E-state index in [-0.39, 0.29) is 5.97 Å². The molecule has 0 heterocycles. The van der Waals surface area contributed by atoms with Crippen molar-refractivity contribution in [2.45, 2.75) is 143 Å². The molecule has 0 aliphatic carbocycles. The summed E-state index contributed by atoms with van der Waals surface area (Å²) in [6.45, 7) is 7.43. The summed E-state index contributed by atoms with van der Waals surface area (Å²) in [7, 11) is 0. The maximum Gasteiger partial charge on any atom is 0.305 e. The van der Waals surface area contributed by atoms with Crippen molar-refractivity contribution in [1.29, 1.82) is 0 Å². The Labute approximate surface area is 171 Å². The van der Waals surface area contributed by atoms with Crippen LogP contribution in [0.1, 0.15) is 143 Å². The molecule has 0 fully saturated rings. The fourth-order valence-electron chi connectivity index (χ4n) is 3.78. The van der Waals surface area contributed by atoms with Crippen LogP contribution in [-0.2, 0) is 9.53 Å². The molecule has 0 rings (SSSR count). The normalized spacial score (nSPS) is 12.3.